The van der Waals surface area contributed by atoms with E-state index >= 15 is 0 Å². The summed E-state index contributed by atoms with van der Waals surface area (Å²) in [4.78, 5) is 0. The van der Waals surface area contributed by atoms with Crippen LogP contribution < -0.4 is 0 Å². The maximum atomic E-state index is 2.37. The summed E-state index contributed by atoms with van der Waals surface area (Å²) < 4.78 is 2.37. The third kappa shape index (κ3) is 2.55. The van der Waals surface area contributed by atoms with Crippen LogP contribution >= 0.6 is 0 Å². The van der Waals surface area contributed by atoms with Crippen LogP contribution in [0.25, 0.3) is 49.4 Å². The van der Waals surface area contributed by atoms with Crippen molar-refractivity contribution < 1.29 is 0 Å². The van der Waals surface area contributed by atoms with Crippen molar-refractivity contribution in [1.82, 2.24) is 4.57 Å². The molecule has 0 aliphatic rings. The molecule has 0 atom stereocenters. The van der Waals surface area contributed by atoms with Crippen molar-refractivity contribution in [3.05, 3.63) is 115 Å². The summed E-state index contributed by atoms with van der Waals surface area (Å²) >= 11 is 0. The molecule has 29 heavy (non-hydrogen) atoms. The molecule has 1 aromatic heterocycles. The quantitative estimate of drug-likeness (QED) is 0.296. The van der Waals surface area contributed by atoms with Crippen LogP contribution in [0, 0.1) is 0 Å². The number of hydrogen-bond acceptors (Lipinski definition) is 0. The normalized spacial score (nSPS) is 11.4. The molecule has 0 amide bonds. The van der Waals surface area contributed by atoms with Gasteiger partial charge in [0.25, 0.3) is 0 Å². The number of fused-ring (bicyclic) bond motifs is 4. The molecular weight excluding hydrogens is 350 g/mol. The second-order valence-corrected chi connectivity index (χ2v) is 7.48. The van der Waals surface area contributed by atoms with Gasteiger partial charge in [-0.1, -0.05) is 84.9 Å². The Labute approximate surface area is 169 Å². The fourth-order valence-corrected chi connectivity index (χ4v) is 4.39. The van der Waals surface area contributed by atoms with Gasteiger partial charge >= 0.3 is 0 Å². The zero-order valence-corrected chi connectivity index (χ0v) is 15.9. The number of rotatable bonds is 2. The molecule has 0 saturated carbocycles. The van der Waals surface area contributed by atoms with Crippen LogP contribution in [0.15, 0.2) is 115 Å². The lowest BCUT2D eigenvalue weighted by atomic mass is 10.0. The molecule has 0 radical (unpaired) electrons. The van der Waals surface area contributed by atoms with E-state index in [1.807, 2.05) is 0 Å². The molecular formula is C28H19N. The van der Waals surface area contributed by atoms with E-state index in [9.17, 15) is 0 Å². The van der Waals surface area contributed by atoms with Crippen LogP contribution in [0.5, 0.6) is 0 Å². The van der Waals surface area contributed by atoms with Crippen LogP contribution in [-0.2, 0) is 0 Å². The van der Waals surface area contributed by atoms with Crippen molar-refractivity contribution in [2.75, 3.05) is 0 Å². The predicted molar refractivity (Wildman–Crippen MR) is 124 cm³/mol. The molecule has 6 aromatic rings. The summed E-state index contributed by atoms with van der Waals surface area (Å²) in [7, 11) is 0. The van der Waals surface area contributed by atoms with Gasteiger partial charge in [0.15, 0.2) is 0 Å². The molecule has 1 heteroatoms. The van der Waals surface area contributed by atoms with E-state index in [1.165, 1.54) is 49.4 Å². The highest BCUT2D eigenvalue weighted by Gasteiger charge is 2.11. The van der Waals surface area contributed by atoms with E-state index in [4.69, 9.17) is 0 Å². The van der Waals surface area contributed by atoms with Crippen molar-refractivity contribution in [3.63, 3.8) is 0 Å². The summed E-state index contributed by atoms with van der Waals surface area (Å²) in [6, 6.07) is 41.4. The Morgan fingerprint density at radius 3 is 1.79 bits per heavy atom. The lowest BCUT2D eigenvalue weighted by Crippen LogP contribution is -1.94. The molecule has 1 nitrogen and oxygen atoms in total. The molecule has 0 unspecified atom stereocenters. The minimum absolute atomic E-state index is 1.19. The molecule has 0 spiro atoms. The molecule has 0 N–H and O–H groups in total. The highest BCUT2D eigenvalue weighted by Crippen LogP contribution is 2.33. The highest BCUT2D eigenvalue weighted by molar-refractivity contribution is 6.09. The van der Waals surface area contributed by atoms with Crippen LogP contribution in [0.3, 0.4) is 0 Å². The largest absolute Gasteiger partial charge is 0.309 e. The molecule has 6 rings (SSSR count). The maximum Gasteiger partial charge on any atom is 0.0541 e. The van der Waals surface area contributed by atoms with Crippen LogP contribution in [0.1, 0.15) is 0 Å². The second kappa shape index (κ2) is 6.35. The average Bonchev–Trinajstić information content (AvgIpc) is 3.13. The van der Waals surface area contributed by atoms with Gasteiger partial charge in [0.1, 0.15) is 0 Å². The first-order valence-corrected chi connectivity index (χ1v) is 9.96. The van der Waals surface area contributed by atoms with E-state index in [2.05, 4.69) is 120 Å². The Morgan fingerprint density at radius 2 is 1.03 bits per heavy atom. The number of hydrogen-bond donors (Lipinski definition) is 0. The second-order valence-electron chi connectivity index (χ2n) is 7.48. The van der Waals surface area contributed by atoms with Gasteiger partial charge in [0.2, 0.25) is 0 Å². The first kappa shape index (κ1) is 16.1. The van der Waals surface area contributed by atoms with E-state index in [-0.39, 0.29) is 0 Å². The lowest BCUT2D eigenvalue weighted by molar-refractivity contribution is 1.18. The Kier molecular flexibility index (Phi) is 3.54. The van der Waals surface area contributed by atoms with Crippen molar-refractivity contribution >= 4 is 32.6 Å². The third-order valence-electron chi connectivity index (χ3n) is 5.77. The fraction of sp³-hybridized carbons (Fsp3) is 0. The molecule has 0 aliphatic heterocycles. The molecule has 136 valence electrons. The van der Waals surface area contributed by atoms with Crippen molar-refractivity contribution in [3.8, 4) is 16.8 Å². The standard InChI is InChI=1S/C28H19N/c1-2-9-21-18-23(17-16-20(21)8-1)22-10-7-11-24(19-22)29-27-14-5-3-12-25(27)26-13-4-6-15-28(26)29/h1-19H. The summed E-state index contributed by atoms with van der Waals surface area (Å²) in [6.07, 6.45) is 0. The molecule has 5 aromatic carbocycles. The number of para-hydroxylation sites is 2. The maximum absolute atomic E-state index is 2.37. The topological polar surface area (TPSA) is 4.93 Å². The van der Waals surface area contributed by atoms with Crippen LogP contribution in [0.4, 0.5) is 0 Å². The monoisotopic (exact) mass is 369 g/mol. The smallest absolute Gasteiger partial charge is 0.0541 e. The molecule has 0 bridgehead atoms. The van der Waals surface area contributed by atoms with Gasteiger partial charge in [-0.3, -0.25) is 0 Å². The van der Waals surface area contributed by atoms with E-state index in [0.717, 1.165) is 0 Å². The van der Waals surface area contributed by atoms with E-state index in [1.54, 1.807) is 0 Å². The lowest BCUT2D eigenvalue weighted by Gasteiger charge is -2.11. The zero-order valence-electron chi connectivity index (χ0n) is 15.9. The summed E-state index contributed by atoms with van der Waals surface area (Å²) in [5.74, 6) is 0. The summed E-state index contributed by atoms with van der Waals surface area (Å²) in [5.41, 5.74) is 6.14. The molecule has 0 aliphatic carbocycles. The van der Waals surface area contributed by atoms with Gasteiger partial charge in [-0.05, 0) is 52.2 Å². The number of nitrogens with zero attached hydrogens (tertiary/aromatic N) is 1. The van der Waals surface area contributed by atoms with Gasteiger partial charge in [-0.15, -0.1) is 0 Å². The van der Waals surface area contributed by atoms with Gasteiger partial charge in [-0.25, -0.2) is 0 Å². The number of aromatic nitrogens is 1. The average molecular weight is 369 g/mol. The molecule has 1 heterocycles. The first-order valence-electron chi connectivity index (χ1n) is 9.96. The Hall–Kier alpha value is -3.84. The minimum Gasteiger partial charge on any atom is -0.309 e. The van der Waals surface area contributed by atoms with Crippen molar-refractivity contribution in [2.24, 2.45) is 0 Å². The van der Waals surface area contributed by atoms with E-state index < -0.39 is 0 Å². The number of benzene rings is 5. The summed E-state index contributed by atoms with van der Waals surface area (Å²) in [6.45, 7) is 0. The predicted octanol–water partition coefficient (Wildman–Crippen LogP) is 7.60. The van der Waals surface area contributed by atoms with Crippen LogP contribution in [-0.4, -0.2) is 4.57 Å². The zero-order chi connectivity index (χ0) is 19.2. The minimum atomic E-state index is 1.19. The van der Waals surface area contributed by atoms with Crippen molar-refractivity contribution in [2.45, 2.75) is 0 Å². The first-order chi connectivity index (χ1) is 14.4. The Morgan fingerprint density at radius 1 is 0.414 bits per heavy atom. The molecule has 0 fully saturated rings. The summed E-state index contributed by atoms with van der Waals surface area (Å²) in [5, 5.41) is 5.13. The van der Waals surface area contributed by atoms with Gasteiger partial charge in [-0.2, -0.15) is 0 Å². The molecule has 0 saturated heterocycles. The third-order valence-corrected chi connectivity index (χ3v) is 5.77. The van der Waals surface area contributed by atoms with Gasteiger partial charge < -0.3 is 4.57 Å². The van der Waals surface area contributed by atoms with Gasteiger partial charge in [0, 0.05) is 16.5 Å². The Balaban J connectivity index is 1.59. The Bertz CT molecular complexity index is 1450. The highest BCUT2D eigenvalue weighted by atomic mass is 15.0. The van der Waals surface area contributed by atoms with Gasteiger partial charge in [0.05, 0.1) is 11.0 Å². The van der Waals surface area contributed by atoms with Crippen LogP contribution in [0.2, 0.25) is 0 Å². The SMILES string of the molecule is c1cc(-c2ccc3ccccc3c2)cc(-n2c3ccccc3c3ccccc32)c1. The van der Waals surface area contributed by atoms with Crippen molar-refractivity contribution in [1.29, 1.82) is 0 Å². The fourth-order valence-electron chi connectivity index (χ4n) is 4.39. The van der Waals surface area contributed by atoms with E-state index in [0.29, 0.717) is 0 Å².